The highest BCUT2D eigenvalue weighted by Gasteiger charge is 2.31. The summed E-state index contributed by atoms with van der Waals surface area (Å²) >= 11 is 0. The van der Waals surface area contributed by atoms with Crippen molar-refractivity contribution >= 4 is 11.6 Å². The first-order chi connectivity index (χ1) is 13.2. The normalized spacial score (nSPS) is 19.9. The molecule has 1 amide bonds. The summed E-state index contributed by atoms with van der Waals surface area (Å²) in [7, 11) is 1.65. The lowest BCUT2D eigenvalue weighted by Gasteiger charge is -2.34. The van der Waals surface area contributed by atoms with Crippen LogP contribution in [0.15, 0.2) is 24.3 Å². The number of carbonyl (C=O) groups excluding carboxylic acids is 1. The monoisotopic (exact) mass is 371 g/mol. The van der Waals surface area contributed by atoms with Crippen molar-refractivity contribution < 1.29 is 14.3 Å². The number of rotatable bonds is 4. The molecule has 2 aliphatic heterocycles. The van der Waals surface area contributed by atoms with Gasteiger partial charge in [-0.25, -0.2) is 0 Å². The molecular formula is C19H25N5O3. The molecular weight excluding hydrogens is 346 g/mol. The highest BCUT2D eigenvalue weighted by Crippen LogP contribution is 2.27. The van der Waals surface area contributed by atoms with E-state index in [9.17, 15) is 4.79 Å². The molecule has 0 N–H and O–H groups in total. The third kappa shape index (κ3) is 3.42. The van der Waals surface area contributed by atoms with E-state index < -0.39 is 0 Å². The predicted octanol–water partition coefficient (Wildman–Crippen LogP) is 1.48. The largest absolute Gasteiger partial charge is 0.378 e. The van der Waals surface area contributed by atoms with Gasteiger partial charge in [0.05, 0.1) is 31.4 Å². The standard InChI is InChI=1S/C19H25N5O3/c1-14-11-23(12-17-20-21-18(13-26-2)24(14)17)19(25)15-5-3-4-6-16(15)22-7-9-27-10-8-22/h3-6,14H,7-13H2,1-2H3/t14-/m0/s1. The van der Waals surface area contributed by atoms with Crippen molar-refractivity contribution in [3.8, 4) is 0 Å². The topological polar surface area (TPSA) is 72.7 Å². The van der Waals surface area contributed by atoms with Gasteiger partial charge in [-0.1, -0.05) is 12.1 Å². The second kappa shape index (κ2) is 7.66. The average molecular weight is 371 g/mol. The van der Waals surface area contributed by atoms with Crippen molar-refractivity contribution in [3.05, 3.63) is 41.5 Å². The fourth-order valence-electron chi connectivity index (χ4n) is 3.90. The van der Waals surface area contributed by atoms with Gasteiger partial charge < -0.3 is 23.8 Å². The number of para-hydroxylation sites is 1. The first kappa shape index (κ1) is 17.9. The van der Waals surface area contributed by atoms with E-state index in [1.807, 2.05) is 29.2 Å². The second-order valence-corrected chi connectivity index (χ2v) is 6.99. The summed E-state index contributed by atoms with van der Waals surface area (Å²) < 4.78 is 12.7. The Hall–Kier alpha value is -2.45. The summed E-state index contributed by atoms with van der Waals surface area (Å²) in [6.45, 7) is 6.56. The molecule has 8 nitrogen and oxygen atoms in total. The molecule has 0 spiro atoms. The number of aromatic nitrogens is 3. The van der Waals surface area contributed by atoms with Gasteiger partial charge in [0.2, 0.25) is 0 Å². The zero-order valence-electron chi connectivity index (χ0n) is 15.8. The van der Waals surface area contributed by atoms with Crippen LogP contribution in [0, 0.1) is 0 Å². The minimum atomic E-state index is 0.0338. The molecule has 8 heteroatoms. The molecule has 0 saturated carbocycles. The second-order valence-electron chi connectivity index (χ2n) is 6.99. The quantitative estimate of drug-likeness (QED) is 0.811. The predicted molar refractivity (Wildman–Crippen MR) is 99.7 cm³/mol. The van der Waals surface area contributed by atoms with Crippen LogP contribution in [-0.4, -0.2) is 65.5 Å². The van der Waals surface area contributed by atoms with Crippen LogP contribution in [-0.2, 0) is 22.6 Å². The van der Waals surface area contributed by atoms with Crippen molar-refractivity contribution in [2.45, 2.75) is 26.1 Å². The van der Waals surface area contributed by atoms with Gasteiger partial charge in [-0.2, -0.15) is 0 Å². The van der Waals surface area contributed by atoms with Crippen LogP contribution in [0.25, 0.3) is 0 Å². The SMILES string of the molecule is COCc1nnc2n1[C@@H](C)CN(C(=O)c1ccccc1N1CCOCC1)C2. The Morgan fingerprint density at radius 3 is 2.81 bits per heavy atom. The van der Waals surface area contributed by atoms with Gasteiger partial charge in [-0.05, 0) is 19.1 Å². The van der Waals surface area contributed by atoms with E-state index in [0.29, 0.717) is 32.9 Å². The van der Waals surface area contributed by atoms with Crippen LogP contribution in [0.1, 0.15) is 35.0 Å². The zero-order chi connectivity index (χ0) is 18.8. The molecule has 0 bridgehead atoms. The summed E-state index contributed by atoms with van der Waals surface area (Å²) in [6.07, 6.45) is 0. The Kier molecular flexibility index (Phi) is 5.09. The summed E-state index contributed by atoms with van der Waals surface area (Å²) in [4.78, 5) is 17.4. The van der Waals surface area contributed by atoms with E-state index in [0.717, 1.165) is 36.0 Å². The molecule has 2 aliphatic rings. The number of hydrogen-bond acceptors (Lipinski definition) is 6. The molecule has 144 valence electrons. The van der Waals surface area contributed by atoms with Crippen LogP contribution >= 0.6 is 0 Å². The molecule has 1 saturated heterocycles. The molecule has 3 heterocycles. The molecule has 2 aromatic rings. The van der Waals surface area contributed by atoms with E-state index in [-0.39, 0.29) is 11.9 Å². The Morgan fingerprint density at radius 1 is 1.26 bits per heavy atom. The van der Waals surface area contributed by atoms with E-state index in [2.05, 4.69) is 26.6 Å². The number of morpholine rings is 1. The minimum absolute atomic E-state index is 0.0338. The van der Waals surface area contributed by atoms with Crippen molar-refractivity contribution in [1.29, 1.82) is 0 Å². The number of amides is 1. The van der Waals surface area contributed by atoms with Crippen LogP contribution in [0.3, 0.4) is 0 Å². The van der Waals surface area contributed by atoms with Gasteiger partial charge in [0, 0.05) is 32.4 Å². The van der Waals surface area contributed by atoms with Crippen molar-refractivity contribution in [1.82, 2.24) is 19.7 Å². The van der Waals surface area contributed by atoms with Crippen molar-refractivity contribution in [3.63, 3.8) is 0 Å². The number of nitrogens with zero attached hydrogens (tertiary/aromatic N) is 5. The summed E-state index contributed by atoms with van der Waals surface area (Å²) in [6, 6.07) is 7.93. The molecule has 0 unspecified atom stereocenters. The van der Waals surface area contributed by atoms with Crippen molar-refractivity contribution in [2.24, 2.45) is 0 Å². The maximum atomic E-state index is 13.3. The molecule has 1 aromatic carbocycles. The van der Waals surface area contributed by atoms with E-state index in [1.54, 1.807) is 7.11 Å². The number of hydrogen-bond donors (Lipinski definition) is 0. The van der Waals surface area contributed by atoms with E-state index in [1.165, 1.54) is 0 Å². The van der Waals surface area contributed by atoms with Crippen LogP contribution in [0.4, 0.5) is 5.69 Å². The van der Waals surface area contributed by atoms with Gasteiger partial charge in [0.15, 0.2) is 11.6 Å². The molecule has 1 fully saturated rings. The first-order valence-electron chi connectivity index (χ1n) is 9.31. The minimum Gasteiger partial charge on any atom is -0.378 e. The molecule has 0 aliphatic carbocycles. The number of benzene rings is 1. The lowest BCUT2D eigenvalue weighted by Crippen LogP contribution is -2.42. The summed E-state index contributed by atoms with van der Waals surface area (Å²) in [5, 5.41) is 8.50. The first-order valence-corrected chi connectivity index (χ1v) is 9.31. The number of carbonyl (C=O) groups is 1. The van der Waals surface area contributed by atoms with Crippen LogP contribution < -0.4 is 4.90 Å². The average Bonchev–Trinajstić information content (AvgIpc) is 3.12. The lowest BCUT2D eigenvalue weighted by atomic mass is 10.1. The van der Waals surface area contributed by atoms with Crippen molar-refractivity contribution in [2.75, 3.05) is 44.9 Å². The van der Waals surface area contributed by atoms with Gasteiger partial charge in [-0.15, -0.1) is 10.2 Å². The molecule has 4 rings (SSSR count). The fraction of sp³-hybridized carbons (Fsp3) is 0.526. The summed E-state index contributed by atoms with van der Waals surface area (Å²) in [5.74, 6) is 1.64. The Balaban J connectivity index is 1.59. The fourth-order valence-corrected chi connectivity index (χ4v) is 3.90. The number of fused-ring (bicyclic) bond motifs is 1. The molecule has 1 aromatic heterocycles. The molecule has 27 heavy (non-hydrogen) atoms. The van der Waals surface area contributed by atoms with Crippen LogP contribution in [0.5, 0.6) is 0 Å². The van der Waals surface area contributed by atoms with Crippen LogP contribution in [0.2, 0.25) is 0 Å². The Bertz CT molecular complexity index is 815. The summed E-state index contributed by atoms with van der Waals surface area (Å²) in [5.41, 5.74) is 1.71. The number of anilines is 1. The highest BCUT2D eigenvalue weighted by atomic mass is 16.5. The van der Waals surface area contributed by atoms with Gasteiger partial charge in [-0.3, -0.25) is 4.79 Å². The lowest BCUT2D eigenvalue weighted by molar-refractivity contribution is 0.0674. The van der Waals surface area contributed by atoms with Gasteiger partial charge >= 0.3 is 0 Å². The van der Waals surface area contributed by atoms with Gasteiger partial charge in [0.25, 0.3) is 5.91 Å². The third-order valence-electron chi connectivity index (χ3n) is 5.14. The smallest absolute Gasteiger partial charge is 0.256 e. The highest BCUT2D eigenvalue weighted by molar-refractivity contribution is 5.99. The third-order valence-corrected chi connectivity index (χ3v) is 5.14. The zero-order valence-corrected chi connectivity index (χ0v) is 15.8. The van der Waals surface area contributed by atoms with E-state index >= 15 is 0 Å². The number of methoxy groups -OCH3 is 1. The van der Waals surface area contributed by atoms with E-state index in [4.69, 9.17) is 9.47 Å². The maximum Gasteiger partial charge on any atom is 0.256 e. The molecule has 1 atom stereocenters. The maximum absolute atomic E-state index is 13.3. The molecule has 0 radical (unpaired) electrons. The van der Waals surface area contributed by atoms with Gasteiger partial charge in [0.1, 0.15) is 6.61 Å². The Labute approximate surface area is 158 Å². The number of ether oxygens (including phenoxy) is 2. The Morgan fingerprint density at radius 2 is 2.04 bits per heavy atom.